The second-order valence-corrected chi connectivity index (χ2v) is 13.7. The monoisotopic (exact) mass is 604 g/mol. The lowest BCUT2D eigenvalue weighted by Gasteiger charge is -2.28. The molecule has 0 radical (unpaired) electrons. The van der Waals surface area contributed by atoms with E-state index in [2.05, 4.69) is 30.0 Å². The number of hydrogen-bond donors (Lipinski definition) is 0. The summed E-state index contributed by atoms with van der Waals surface area (Å²) < 4.78 is 35.0. The smallest absolute Gasteiger partial charge is 0.260 e. The van der Waals surface area contributed by atoms with Crippen LogP contribution in [-0.2, 0) is 34.1 Å². The molecule has 42 heavy (non-hydrogen) atoms. The van der Waals surface area contributed by atoms with E-state index in [0.29, 0.717) is 36.8 Å². The van der Waals surface area contributed by atoms with Gasteiger partial charge < -0.3 is 4.74 Å². The summed E-state index contributed by atoms with van der Waals surface area (Å²) in [5.41, 5.74) is 4.78. The lowest BCUT2D eigenvalue weighted by Crippen LogP contribution is -2.39. The molecule has 0 atom stereocenters. The number of aromatic nitrogens is 1. The van der Waals surface area contributed by atoms with Crippen LogP contribution in [-0.4, -0.2) is 74.5 Å². The van der Waals surface area contributed by atoms with Crippen molar-refractivity contribution in [1.29, 1.82) is 0 Å². The average molecular weight is 605 g/mol. The minimum Gasteiger partial charge on any atom is -0.379 e. The molecule has 1 saturated heterocycles. The van der Waals surface area contributed by atoms with Gasteiger partial charge in [0.15, 0.2) is 5.13 Å². The second kappa shape index (κ2) is 12.6. The molecule has 0 aliphatic carbocycles. The molecule has 0 unspecified atom stereocenters. The van der Waals surface area contributed by atoms with Gasteiger partial charge >= 0.3 is 0 Å². The molecule has 0 bridgehead atoms. The van der Waals surface area contributed by atoms with E-state index in [1.807, 2.05) is 24.3 Å². The third kappa shape index (κ3) is 6.14. The third-order valence-corrected chi connectivity index (χ3v) is 11.0. The topological polar surface area (TPSA) is 83.0 Å². The highest BCUT2D eigenvalue weighted by molar-refractivity contribution is 7.89. The Bertz CT molecular complexity index is 1660. The number of aryl methyl sites for hydroxylation is 1. The number of thiazole rings is 1. The number of amides is 1. The van der Waals surface area contributed by atoms with Crippen LogP contribution in [0.25, 0.3) is 10.2 Å². The van der Waals surface area contributed by atoms with Crippen molar-refractivity contribution in [3.05, 3.63) is 89.0 Å². The Balaban J connectivity index is 1.22. The standard InChI is InChI=1S/C32H36N4O4S2/c1-2-24-8-13-29-30(22-24)41-32(33-29)36(16-5-15-34-18-20-40-21-19-34)31(37)26-9-11-28(12-10-26)42(38,39)35-17-14-25-6-3-4-7-27(25)23-35/h3-4,6-13,22H,2,5,14-21,23H2,1H3. The number of nitrogens with zero attached hydrogens (tertiary/aromatic N) is 4. The van der Waals surface area contributed by atoms with Gasteiger partial charge in [-0.2, -0.15) is 4.31 Å². The van der Waals surface area contributed by atoms with Gasteiger partial charge in [-0.3, -0.25) is 14.6 Å². The third-order valence-electron chi connectivity index (χ3n) is 8.12. The van der Waals surface area contributed by atoms with Gasteiger partial charge in [-0.15, -0.1) is 0 Å². The highest BCUT2D eigenvalue weighted by atomic mass is 32.2. The largest absolute Gasteiger partial charge is 0.379 e. The van der Waals surface area contributed by atoms with Crippen LogP contribution in [0.5, 0.6) is 0 Å². The van der Waals surface area contributed by atoms with Crippen molar-refractivity contribution >= 4 is 42.6 Å². The van der Waals surface area contributed by atoms with Gasteiger partial charge in [-0.05, 0) is 72.4 Å². The van der Waals surface area contributed by atoms with Gasteiger partial charge in [0.2, 0.25) is 10.0 Å². The number of fused-ring (bicyclic) bond motifs is 2. The van der Waals surface area contributed by atoms with Gasteiger partial charge in [0.1, 0.15) is 0 Å². The number of ether oxygens (including phenoxy) is 1. The van der Waals surface area contributed by atoms with Gasteiger partial charge in [-0.1, -0.05) is 48.6 Å². The predicted octanol–water partition coefficient (Wildman–Crippen LogP) is 4.97. The van der Waals surface area contributed by atoms with Crippen molar-refractivity contribution in [1.82, 2.24) is 14.2 Å². The number of morpholine rings is 1. The normalized spacial score (nSPS) is 16.4. The van der Waals surface area contributed by atoms with E-state index in [4.69, 9.17) is 9.72 Å². The number of carbonyl (C=O) groups is 1. The van der Waals surface area contributed by atoms with Gasteiger partial charge in [-0.25, -0.2) is 13.4 Å². The van der Waals surface area contributed by atoms with Crippen molar-refractivity contribution in [2.24, 2.45) is 0 Å². The first-order chi connectivity index (χ1) is 20.4. The first-order valence-corrected chi connectivity index (χ1v) is 16.9. The summed E-state index contributed by atoms with van der Waals surface area (Å²) >= 11 is 1.52. The van der Waals surface area contributed by atoms with Gasteiger partial charge in [0.05, 0.1) is 28.3 Å². The summed E-state index contributed by atoms with van der Waals surface area (Å²) in [7, 11) is -3.69. The van der Waals surface area contributed by atoms with Gasteiger partial charge in [0.25, 0.3) is 5.91 Å². The minimum atomic E-state index is -3.69. The Morgan fingerprint density at radius 3 is 2.52 bits per heavy atom. The maximum absolute atomic E-state index is 13.9. The first-order valence-electron chi connectivity index (χ1n) is 14.6. The molecule has 10 heteroatoms. The Labute approximate surface area is 251 Å². The van der Waals surface area contributed by atoms with Crippen LogP contribution in [0.15, 0.2) is 71.6 Å². The van der Waals surface area contributed by atoms with Crippen LogP contribution in [0.2, 0.25) is 0 Å². The van der Waals surface area contributed by atoms with Crippen molar-refractivity contribution in [3.8, 4) is 0 Å². The molecule has 3 heterocycles. The summed E-state index contributed by atoms with van der Waals surface area (Å²) in [6.45, 7) is 7.57. The summed E-state index contributed by atoms with van der Waals surface area (Å²) in [5, 5.41) is 0.661. The SMILES string of the molecule is CCc1ccc2nc(N(CCCN3CCOCC3)C(=O)c3ccc(S(=O)(=O)N4CCc5ccccc5C4)cc3)sc2c1. The zero-order valence-corrected chi connectivity index (χ0v) is 25.5. The molecule has 0 spiro atoms. The first kappa shape index (κ1) is 28.9. The van der Waals surface area contributed by atoms with E-state index in [0.717, 1.165) is 61.5 Å². The molecule has 2 aliphatic rings. The molecule has 1 amide bonds. The van der Waals surface area contributed by atoms with E-state index in [-0.39, 0.29) is 10.8 Å². The van der Waals surface area contributed by atoms with E-state index in [9.17, 15) is 13.2 Å². The van der Waals surface area contributed by atoms with Crippen LogP contribution in [0.1, 0.15) is 40.4 Å². The zero-order chi connectivity index (χ0) is 29.1. The minimum absolute atomic E-state index is 0.178. The van der Waals surface area contributed by atoms with Crippen molar-refractivity contribution in [2.45, 2.75) is 37.6 Å². The Morgan fingerprint density at radius 1 is 1.00 bits per heavy atom. The molecule has 1 fully saturated rings. The van der Waals surface area contributed by atoms with Crippen LogP contribution in [0.3, 0.4) is 0 Å². The molecule has 1 aromatic heterocycles. The maximum Gasteiger partial charge on any atom is 0.260 e. The van der Waals surface area contributed by atoms with E-state index < -0.39 is 10.0 Å². The molecule has 3 aromatic carbocycles. The average Bonchev–Trinajstić information content (AvgIpc) is 3.46. The number of carbonyl (C=O) groups excluding carboxylic acids is 1. The van der Waals surface area contributed by atoms with Gasteiger partial charge in [0, 0.05) is 44.8 Å². The van der Waals surface area contributed by atoms with Crippen LogP contribution in [0.4, 0.5) is 5.13 Å². The molecule has 6 rings (SSSR count). The number of anilines is 1. The van der Waals surface area contributed by atoms with E-state index in [1.54, 1.807) is 29.2 Å². The molecular weight excluding hydrogens is 569 g/mol. The lowest BCUT2D eigenvalue weighted by molar-refractivity contribution is 0.0376. The Morgan fingerprint density at radius 2 is 1.76 bits per heavy atom. The molecule has 4 aromatic rings. The zero-order valence-electron chi connectivity index (χ0n) is 23.9. The Kier molecular flexibility index (Phi) is 8.69. The van der Waals surface area contributed by atoms with Crippen molar-refractivity contribution in [3.63, 3.8) is 0 Å². The number of hydrogen-bond acceptors (Lipinski definition) is 7. The van der Waals surface area contributed by atoms with Crippen molar-refractivity contribution in [2.75, 3.05) is 50.8 Å². The van der Waals surface area contributed by atoms with E-state index >= 15 is 0 Å². The fourth-order valence-electron chi connectivity index (χ4n) is 5.60. The Hall–Kier alpha value is -3.15. The summed E-state index contributed by atoms with van der Waals surface area (Å²) in [6, 6.07) is 20.6. The lowest BCUT2D eigenvalue weighted by atomic mass is 10.0. The maximum atomic E-state index is 13.9. The molecule has 0 N–H and O–H groups in total. The van der Waals surface area contributed by atoms with Crippen molar-refractivity contribution < 1.29 is 17.9 Å². The summed E-state index contributed by atoms with van der Waals surface area (Å²) in [4.78, 5) is 23.1. The summed E-state index contributed by atoms with van der Waals surface area (Å²) in [5.74, 6) is -0.178. The fourth-order valence-corrected chi connectivity index (χ4v) is 8.08. The molecule has 0 saturated carbocycles. The van der Waals surface area contributed by atoms with Crippen LogP contribution in [0, 0.1) is 0 Å². The highest BCUT2D eigenvalue weighted by Gasteiger charge is 2.29. The molecule has 2 aliphatic heterocycles. The quantitative estimate of drug-likeness (QED) is 0.268. The molecular formula is C32H36N4O4S2. The summed E-state index contributed by atoms with van der Waals surface area (Å²) in [6.07, 6.45) is 2.42. The number of rotatable bonds is 9. The van der Waals surface area contributed by atoms with Crippen LogP contribution < -0.4 is 4.90 Å². The second-order valence-electron chi connectivity index (χ2n) is 10.8. The fraction of sp³-hybridized carbons (Fsp3) is 0.375. The van der Waals surface area contributed by atoms with Crippen LogP contribution >= 0.6 is 11.3 Å². The number of benzene rings is 3. The highest BCUT2D eigenvalue weighted by Crippen LogP contribution is 2.31. The van der Waals surface area contributed by atoms with E-state index in [1.165, 1.54) is 26.8 Å². The number of sulfonamides is 1. The molecule has 220 valence electrons. The molecule has 8 nitrogen and oxygen atoms in total. The predicted molar refractivity (Wildman–Crippen MR) is 167 cm³/mol.